The first-order chi connectivity index (χ1) is 19.3. The number of Topliss-reactive ketones (excluding diaryl/α,β-unsaturated/α-hetero) is 1. The van der Waals surface area contributed by atoms with Crippen LogP contribution in [-0.2, 0) is 14.3 Å². The number of alkyl halides is 2. The second-order valence-corrected chi connectivity index (χ2v) is 13.8. The molecule has 0 amide bonds. The third kappa shape index (κ3) is 3.42. The Balaban J connectivity index is 1.76. The molecule has 5 rings (SSSR count). The number of furan rings is 1. The van der Waals surface area contributed by atoms with Crippen molar-refractivity contribution in [1.29, 1.82) is 1.43 Å². The van der Waals surface area contributed by atoms with Gasteiger partial charge in [-0.1, -0.05) is 39.3 Å². The quantitative estimate of drug-likeness (QED) is 0.281. The highest BCUT2D eigenvalue weighted by atomic mass is 35.5. The first-order valence-corrected chi connectivity index (χ1v) is 15.4. The molecule has 3 saturated carbocycles. The van der Waals surface area contributed by atoms with Crippen LogP contribution in [0, 0.1) is 34.5 Å². The van der Waals surface area contributed by atoms with Crippen molar-refractivity contribution in [2.75, 3.05) is 0 Å². The highest BCUT2D eigenvalue weighted by Gasteiger charge is 2.80. The van der Waals surface area contributed by atoms with E-state index < -0.39 is 44.7 Å². The van der Waals surface area contributed by atoms with E-state index in [0.29, 0.717) is 37.7 Å². The number of esters is 1. The lowest BCUT2D eigenvalue weighted by Gasteiger charge is -2.67. The summed E-state index contributed by atoms with van der Waals surface area (Å²) >= 11 is 14.5. The number of aliphatic hydroxyl groups excluding tert-OH is 1. The van der Waals surface area contributed by atoms with Crippen molar-refractivity contribution < 1.29 is 28.6 Å². The largest absolute Gasteiger partial charge is 0.457 e. The van der Waals surface area contributed by atoms with Crippen LogP contribution in [0.3, 0.4) is 0 Å². The molecule has 3 fully saturated rings. The van der Waals surface area contributed by atoms with Gasteiger partial charge in [0.15, 0.2) is 17.2 Å². The van der Waals surface area contributed by atoms with Gasteiger partial charge in [-0.05, 0) is 87.5 Å². The second kappa shape index (κ2) is 9.84. The Bertz CT molecular complexity index is 1310. The second-order valence-electron chi connectivity index (χ2n) is 12.5. The van der Waals surface area contributed by atoms with E-state index in [-0.39, 0.29) is 35.1 Å². The maximum atomic E-state index is 14.4. The zero-order valence-electron chi connectivity index (χ0n) is 25.1. The summed E-state index contributed by atoms with van der Waals surface area (Å²) in [5, 5.41) is 4.74. The molecule has 8 heteroatoms. The fourth-order valence-electron chi connectivity index (χ4n) is 9.77. The molecule has 3 unspecified atom stereocenters. The maximum Gasteiger partial charge on any atom is 0.375 e. The average molecular weight is 593 g/mol. The van der Waals surface area contributed by atoms with E-state index in [1.807, 2.05) is 33.8 Å². The maximum absolute atomic E-state index is 14.4. The van der Waals surface area contributed by atoms with Gasteiger partial charge >= 0.3 is 5.97 Å². The molecule has 1 aromatic rings. The SMILES string of the molecule is [2H]O[C@H]1C(C)[C@@]2(CC)[C@H](C[C@@H](C)[C@]2(OC(=O)c2ccco2)C(=O)C(C)Cl)[C@@H]2CCC3=CC(=O)C(C)=CC3(CC)[C@@]12Cl. The number of halogens is 2. The van der Waals surface area contributed by atoms with Crippen molar-refractivity contribution >= 4 is 40.7 Å². The minimum atomic E-state index is -1.59. The van der Waals surface area contributed by atoms with Crippen LogP contribution in [-0.4, -0.2) is 46.0 Å². The number of rotatable bonds is 7. The molecule has 6 nitrogen and oxygen atoms in total. The number of carbonyl (C=O) groups is 3. The van der Waals surface area contributed by atoms with E-state index in [4.69, 9.17) is 38.9 Å². The summed E-state index contributed by atoms with van der Waals surface area (Å²) in [4.78, 5) is 39.7. The molecule has 4 aliphatic carbocycles. The van der Waals surface area contributed by atoms with Crippen LogP contribution in [0.15, 0.2) is 46.1 Å². The molecule has 0 saturated heterocycles. The fraction of sp³-hybridized carbons (Fsp3) is 0.656. The van der Waals surface area contributed by atoms with E-state index in [9.17, 15) is 14.4 Å². The van der Waals surface area contributed by atoms with E-state index in [2.05, 4.69) is 6.92 Å². The van der Waals surface area contributed by atoms with Crippen LogP contribution in [0.5, 0.6) is 0 Å². The van der Waals surface area contributed by atoms with Crippen molar-refractivity contribution in [2.24, 2.45) is 34.5 Å². The molecule has 4 aliphatic rings. The lowest BCUT2D eigenvalue weighted by Crippen LogP contribution is -2.74. The van der Waals surface area contributed by atoms with Crippen LogP contribution in [0.25, 0.3) is 0 Å². The summed E-state index contributed by atoms with van der Waals surface area (Å²) in [5.74, 6) is -2.26. The Morgan fingerprint density at radius 3 is 2.58 bits per heavy atom. The molecule has 0 bridgehead atoms. The van der Waals surface area contributed by atoms with Gasteiger partial charge in [-0.15, -0.1) is 23.2 Å². The Kier molecular flexibility index (Phi) is 6.95. The molecular formula is C32H40Cl2O6. The van der Waals surface area contributed by atoms with Gasteiger partial charge in [-0.25, -0.2) is 4.79 Å². The molecule has 0 aliphatic heterocycles. The normalized spacial score (nSPS) is 43.5. The van der Waals surface area contributed by atoms with E-state index >= 15 is 0 Å². The van der Waals surface area contributed by atoms with Crippen LogP contribution >= 0.6 is 23.2 Å². The minimum absolute atomic E-state index is 0.00890. The summed E-state index contributed by atoms with van der Waals surface area (Å²) in [6.45, 7) is 11.4. The van der Waals surface area contributed by atoms with Crippen LogP contribution in [0.4, 0.5) is 0 Å². The summed E-state index contributed by atoms with van der Waals surface area (Å²) < 4.78 is 20.2. The molecule has 0 aromatic carbocycles. The third-order valence-corrected chi connectivity index (χ3v) is 12.4. The molecule has 1 N–H and O–H groups in total. The van der Waals surface area contributed by atoms with Crippen LogP contribution in [0.2, 0.25) is 0 Å². The average Bonchev–Trinajstić information content (AvgIpc) is 3.56. The monoisotopic (exact) mass is 591 g/mol. The predicted molar refractivity (Wildman–Crippen MR) is 153 cm³/mol. The van der Waals surface area contributed by atoms with Gasteiger partial charge in [0.1, 0.15) is 0 Å². The summed E-state index contributed by atoms with van der Waals surface area (Å²) in [7, 11) is 0. The number of allylic oxidation sites excluding steroid dienone is 4. The Hall–Kier alpha value is -1.89. The Morgan fingerprint density at radius 2 is 2.00 bits per heavy atom. The van der Waals surface area contributed by atoms with E-state index in [1.165, 1.54) is 12.3 Å². The number of fused-ring (bicyclic) bond motifs is 5. The van der Waals surface area contributed by atoms with Crippen molar-refractivity contribution in [3.05, 3.63) is 47.5 Å². The zero-order valence-corrected chi connectivity index (χ0v) is 25.6. The third-order valence-electron chi connectivity index (χ3n) is 11.3. The number of aliphatic hydroxyl groups is 1. The van der Waals surface area contributed by atoms with Crippen molar-refractivity contribution in [2.45, 2.75) is 95.6 Å². The summed E-state index contributed by atoms with van der Waals surface area (Å²) in [6.07, 6.45) is 7.34. The van der Waals surface area contributed by atoms with Gasteiger partial charge in [-0.3, -0.25) is 9.59 Å². The fourth-order valence-corrected chi connectivity index (χ4v) is 10.7. The highest BCUT2D eigenvalue weighted by Crippen LogP contribution is 2.75. The standard InChI is InChI=1S/C32H40Cl2O6/c1-7-29-16-17(3)24(35)15-21(29)11-12-22-23-14-18(4)32(27(37)20(6)33,40-28(38)25-10-9-13-39-25)30(23,8-2)19(5)26(36)31(22,29)34/h9-10,13,15-16,18-20,22-23,26,36H,7-8,11-12,14H2,1-6H3/t18-,19?,20?,22+,23-,26+,29?,30+,31+,32+/m1/s1/i36D. The smallest absolute Gasteiger partial charge is 0.375 e. The highest BCUT2D eigenvalue weighted by molar-refractivity contribution is 6.32. The van der Waals surface area contributed by atoms with Gasteiger partial charge in [-0.2, -0.15) is 0 Å². The minimum Gasteiger partial charge on any atom is -0.457 e. The summed E-state index contributed by atoms with van der Waals surface area (Å²) in [6, 6.07) is 3.12. The van der Waals surface area contributed by atoms with Crippen molar-refractivity contribution in [3.63, 3.8) is 0 Å². The van der Waals surface area contributed by atoms with Gasteiger partial charge in [0.05, 0.1) is 22.6 Å². The number of hydrogen-bond donors (Lipinski definition) is 1. The molecular weight excluding hydrogens is 551 g/mol. The van der Waals surface area contributed by atoms with E-state index in [1.54, 1.807) is 19.1 Å². The lowest BCUT2D eigenvalue weighted by atomic mass is 9.41. The first-order valence-electron chi connectivity index (χ1n) is 15.0. The lowest BCUT2D eigenvalue weighted by molar-refractivity contribution is -0.208. The molecule has 40 heavy (non-hydrogen) atoms. The number of ether oxygens (including phenoxy) is 1. The molecule has 218 valence electrons. The topological polar surface area (TPSA) is 93.8 Å². The molecule has 1 aromatic heterocycles. The number of ketones is 2. The van der Waals surface area contributed by atoms with Crippen LogP contribution in [0.1, 0.15) is 84.2 Å². The van der Waals surface area contributed by atoms with E-state index in [0.717, 1.165) is 5.57 Å². The molecule has 10 atom stereocenters. The Morgan fingerprint density at radius 1 is 1.27 bits per heavy atom. The molecule has 1 heterocycles. The van der Waals surface area contributed by atoms with Crippen molar-refractivity contribution in [1.82, 2.24) is 0 Å². The molecule has 0 radical (unpaired) electrons. The van der Waals surface area contributed by atoms with Gasteiger partial charge in [0.2, 0.25) is 7.19 Å². The number of hydrogen-bond acceptors (Lipinski definition) is 6. The molecule has 0 spiro atoms. The predicted octanol–water partition coefficient (Wildman–Crippen LogP) is 6.67. The zero-order chi connectivity index (χ0) is 30.1. The Labute approximate surface area is 248 Å². The summed E-state index contributed by atoms with van der Waals surface area (Å²) in [5.41, 5.74) is -1.59. The number of carbonyl (C=O) groups excluding carboxylic acids is 3. The van der Waals surface area contributed by atoms with Gasteiger partial charge < -0.3 is 14.3 Å². The van der Waals surface area contributed by atoms with Crippen molar-refractivity contribution in [3.8, 4) is 0 Å². The van der Waals surface area contributed by atoms with Gasteiger partial charge in [0, 0.05) is 16.7 Å². The first kappa shape index (κ1) is 28.2. The van der Waals surface area contributed by atoms with Crippen LogP contribution < -0.4 is 0 Å². The van der Waals surface area contributed by atoms with Gasteiger partial charge in [0.25, 0.3) is 0 Å².